The normalized spacial score (nSPS) is 12.0. The molecule has 0 amide bonds. The lowest BCUT2D eigenvalue weighted by molar-refractivity contribution is -0.169. The van der Waals surface area contributed by atoms with Gasteiger partial charge in [-0.15, -0.1) is 0 Å². The highest BCUT2D eigenvalue weighted by Gasteiger charge is 2.33. The first-order valence-corrected chi connectivity index (χ1v) is 11.6. The van der Waals surface area contributed by atoms with E-state index < -0.39 is 5.60 Å². The molecule has 0 heterocycles. The maximum absolute atomic E-state index is 6.27. The predicted octanol–water partition coefficient (Wildman–Crippen LogP) is 3.11. The number of rotatable bonds is 26. The Bertz CT molecular complexity index is 330. The zero-order valence-electron chi connectivity index (χ0n) is 20.5. The summed E-state index contributed by atoms with van der Waals surface area (Å²) in [6.45, 7) is 6.59. The van der Waals surface area contributed by atoms with Gasteiger partial charge in [-0.2, -0.15) is 0 Å². The molecule has 0 bridgehead atoms. The lowest BCUT2D eigenvalue weighted by Gasteiger charge is -2.33. The summed E-state index contributed by atoms with van der Waals surface area (Å²) in [5, 5.41) is 0. The van der Waals surface area contributed by atoms with Crippen LogP contribution in [-0.2, 0) is 37.9 Å². The second kappa shape index (κ2) is 24.3. The van der Waals surface area contributed by atoms with E-state index in [0.29, 0.717) is 66.1 Å². The van der Waals surface area contributed by atoms with Crippen LogP contribution in [0.3, 0.4) is 0 Å². The summed E-state index contributed by atoms with van der Waals surface area (Å²) in [4.78, 5) is 0. The fourth-order valence-corrected chi connectivity index (χ4v) is 2.93. The number of hydrogen-bond acceptors (Lipinski definition) is 8. The van der Waals surface area contributed by atoms with Crippen molar-refractivity contribution in [1.29, 1.82) is 0 Å². The van der Waals surface area contributed by atoms with Crippen LogP contribution in [0.1, 0.15) is 44.9 Å². The molecule has 0 atom stereocenters. The van der Waals surface area contributed by atoms with Gasteiger partial charge in [0.05, 0.1) is 19.8 Å². The van der Waals surface area contributed by atoms with Crippen molar-refractivity contribution < 1.29 is 37.9 Å². The molecule has 0 fully saturated rings. The van der Waals surface area contributed by atoms with E-state index >= 15 is 0 Å². The Kier molecular flexibility index (Phi) is 24.1. The van der Waals surface area contributed by atoms with E-state index in [1.165, 1.54) is 0 Å². The van der Waals surface area contributed by atoms with E-state index in [9.17, 15) is 0 Å². The Morgan fingerprint density at radius 1 is 0.387 bits per heavy atom. The van der Waals surface area contributed by atoms with Crippen molar-refractivity contribution in [2.45, 2.75) is 50.5 Å². The van der Waals surface area contributed by atoms with Crippen LogP contribution in [0, 0.1) is 0 Å². The fourth-order valence-electron chi connectivity index (χ4n) is 2.93. The molecule has 8 nitrogen and oxygen atoms in total. The molecule has 0 aromatic heterocycles. The summed E-state index contributed by atoms with van der Waals surface area (Å²) in [6.07, 6.45) is 6.89. The van der Waals surface area contributed by atoms with Crippen LogP contribution < -0.4 is 0 Å². The van der Waals surface area contributed by atoms with E-state index in [1.807, 2.05) is 0 Å². The van der Waals surface area contributed by atoms with E-state index in [-0.39, 0.29) is 0 Å². The van der Waals surface area contributed by atoms with Crippen molar-refractivity contribution >= 4 is 0 Å². The van der Waals surface area contributed by atoms with Crippen LogP contribution in [0.4, 0.5) is 0 Å². The Labute approximate surface area is 190 Å². The molecule has 0 saturated heterocycles. The van der Waals surface area contributed by atoms with Gasteiger partial charge >= 0.3 is 0 Å². The Balaban J connectivity index is 4.62. The largest absolute Gasteiger partial charge is 0.385 e. The highest BCUT2D eigenvalue weighted by Crippen LogP contribution is 2.16. The average Bonchev–Trinajstić information content (AvgIpc) is 2.78. The molecule has 0 saturated carbocycles. The van der Waals surface area contributed by atoms with Gasteiger partial charge in [0.15, 0.2) is 0 Å². The van der Waals surface area contributed by atoms with Gasteiger partial charge < -0.3 is 37.9 Å². The summed E-state index contributed by atoms with van der Waals surface area (Å²) in [5.41, 5.74) is -0.635. The topological polar surface area (TPSA) is 73.8 Å². The predicted molar refractivity (Wildman–Crippen MR) is 121 cm³/mol. The maximum Gasteiger partial charge on any atom is 0.138 e. The molecule has 0 spiro atoms. The minimum atomic E-state index is -0.635. The third kappa shape index (κ3) is 20.0. The minimum absolute atomic E-state index is 0.418. The van der Waals surface area contributed by atoms with Gasteiger partial charge in [-0.25, -0.2) is 0 Å². The second-order valence-corrected chi connectivity index (χ2v) is 7.64. The van der Waals surface area contributed by atoms with Gasteiger partial charge in [0, 0.05) is 81.3 Å². The molecule has 31 heavy (non-hydrogen) atoms. The molecule has 0 radical (unpaired) electrons. The summed E-state index contributed by atoms with van der Waals surface area (Å²) in [6, 6.07) is 0. The van der Waals surface area contributed by atoms with Gasteiger partial charge in [-0.1, -0.05) is 12.8 Å². The Hall–Kier alpha value is -0.320. The van der Waals surface area contributed by atoms with Crippen molar-refractivity contribution in [2.24, 2.45) is 0 Å². The molecule has 0 aliphatic heterocycles. The molecular weight excluding hydrogens is 404 g/mol. The van der Waals surface area contributed by atoms with Crippen LogP contribution in [0.15, 0.2) is 0 Å². The van der Waals surface area contributed by atoms with Crippen molar-refractivity contribution in [3.8, 4) is 0 Å². The van der Waals surface area contributed by atoms with Crippen molar-refractivity contribution in [3.63, 3.8) is 0 Å². The molecule has 0 aliphatic carbocycles. The lowest BCUT2D eigenvalue weighted by atomic mass is 10.1. The van der Waals surface area contributed by atoms with Crippen molar-refractivity contribution in [2.75, 3.05) is 101 Å². The lowest BCUT2D eigenvalue weighted by Crippen LogP contribution is -2.48. The standard InChI is InChI=1S/C23H48O8/c1-24-12-7-5-6-8-16-28-20-23(31-19-11-15-27-4,21-29-17-9-13-25-2)22-30-18-10-14-26-3/h5-22H2,1-4H3. The molecule has 0 aromatic carbocycles. The molecule has 188 valence electrons. The first-order valence-electron chi connectivity index (χ1n) is 11.6. The highest BCUT2D eigenvalue weighted by atomic mass is 16.6. The first kappa shape index (κ1) is 30.7. The third-order valence-corrected chi connectivity index (χ3v) is 4.66. The molecule has 0 rings (SSSR count). The van der Waals surface area contributed by atoms with Crippen LogP contribution in [-0.4, -0.2) is 107 Å². The number of ether oxygens (including phenoxy) is 8. The summed E-state index contributed by atoms with van der Waals surface area (Å²) >= 11 is 0. The Morgan fingerprint density at radius 3 is 1.19 bits per heavy atom. The van der Waals surface area contributed by atoms with Gasteiger partial charge in [-0.3, -0.25) is 0 Å². The Morgan fingerprint density at radius 2 is 0.742 bits per heavy atom. The molecule has 0 N–H and O–H groups in total. The minimum Gasteiger partial charge on any atom is -0.385 e. The maximum atomic E-state index is 6.27. The van der Waals surface area contributed by atoms with Crippen LogP contribution >= 0.6 is 0 Å². The van der Waals surface area contributed by atoms with Crippen LogP contribution in [0.2, 0.25) is 0 Å². The monoisotopic (exact) mass is 452 g/mol. The molecular formula is C23H48O8. The smallest absolute Gasteiger partial charge is 0.138 e. The van der Waals surface area contributed by atoms with Crippen molar-refractivity contribution in [3.05, 3.63) is 0 Å². The fraction of sp³-hybridized carbons (Fsp3) is 1.00. The number of unbranched alkanes of at least 4 members (excludes halogenated alkanes) is 3. The second-order valence-electron chi connectivity index (χ2n) is 7.64. The summed E-state index contributed by atoms with van der Waals surface area (Å²) < 4.78 is 44.6. The van der Waals surface area contributed by atoms with Crippen LogP contribution in [0.25, 0.3) is 0 Å². The third-order valence-electron chi connectivity index (χ3n) is 4.66. The number of hydrogen-bond donors (Lipinski definition) is 0. The summed E-state index contributed by atoms with van der Waals surface area (Å²) in [7, 11) is 6.82. The van der Waals surface area contributed by atoms with E-state index in [4.69, 9.17) is 37.9 Å². The zero-order valence-corrected chi connectivity index (χ0v) is 20.5. The van der Waals surface area contributed by atoms with E-state index in [1.54, 1.807) is 28.4 Å². The molecule has 0 aliphatic rings. The van der Waals surface area contributed by atoms with Gasteiger partial charge in [0.25, 0.3) is 0 Å². The van der Waals surface area contributed by atoms with Gasteiger partial charge in [0.1, 0.15) is 5.60 Å². The average molecular weight is 453 g/mol. The van der Waals surface area contributed by atoms with Gasteiger partial charge in [0.2, 0.25) is 0 Å². The molecule has 0 aromatic rings. The van der Waals surface area contributed by atoms with E-state index in [2.05, 4.69) is 0 Å². The zero-order chi connectivity index (χ0) is 22.9. The molecule has 8 heteroatoms. The SMILES string of the molecule is COCCCCCCOCC(COCCCOC)(COCCCOC)OCCCOC. The molecule has 0 unspecified atom stereocenters. The van der Waals surface area contributed by atoms with Gasteiger partial charge in [-0.05, 0) is 32.1 Å². The van der Waals surface area contributed by atoms with E-state index in [0.717, 1.165) is 51.6 Å². The summed E-state index contributed by atoms with van der Waals surface area (Å²) in [5.74, 6) is 0. The quantitative estimate of drug-likeness (QED) is 0.185. The van der Waals surface area contributed by atoms with Crippen LogP contribution in [0.5, 0.6) is 0 Å². The number of methoxy groups -OCH3 is 4. The highest BCUT2D eigenvalue weighted by molar-refractivity contribution is 4.81. The first-order chi connectivity index (χ1) is 15.2. The van der Waals surface area contributed by atoms with Crippen molar-refractivity contribution in [1.82, 2.24) is 0 Å².